The van der Waals surface area contributed by atoms with Gasteiger partial charge in [-0.3, -0.25) is 0 Å². The van der Waals surface area contributed by atoms with Crippen molar-refractivity contribution in [1.29, 1.82) is 0 Å². The highest BCUT2D eigenvalue weighted by Gasteiger charge is 2.23. The molecule has 3 nitrogen and oxygen atoms in total. The Hall–Kier alpha value is -0.610. The Labute approximate surface area is 116 Å². The van der Waals surface area contributed by atoms with Crippen molar-refractivity contribution >= 4 is 16.5 Å². The molecule has 0 amide bonds. The zero-order valence-corrected chi connectivity index (χ0v) is 13.6. The smallest absolute Gasteiger partial charge is 0.185 e. The van der Waals surface area contributed by atoms with Gasteiger partial charge in [0.05, 0.1) is 5.69 Å². The van der Waals surface area contributed by atoms with E-state index in [1.165, 1.54) is 0 Å². The molecular weight excluding hydrogens is 242 g/mol. The Kier molecular flexibility index (Phi) is 4.78. The van der Waals surface area contributed by atoms with Crippen molar-refractivity contribution in [3.63, 3.8) is 0 Å². The van der Waals surface area contributed by atoms with Crippen molar-refractivity contribution in [2.45, 2.75) is 65.6 Å². The maximum absolute atomic E-state index is 4.71. The molecule has 0 aliphatic carbocycles. The topological polar surface area (TPSA) is 28.2 Å². The molecule has 0 unspecified atom stereocenters. The van der Waals surface area contributed by atoms with Crippen LogP contribution in [0.1, 0.15) is 53.7 Å². The fourth-order valence-corrected chi connectivity index (χ4v) is 2.34. The Morgan fingerprint density at radius 3 is 2.39 bits per heavy atom. The summed E-state index contributed by atoms with van der Waals surface area (Å²) in [6, 6.07) is 0. The van der Waals surface area contributed by atoms with E-state index in [9.17, 15) is 0 Å². The normalized spacial score (nSPS) is 12.8. The van der Waals surface area contributed by atoms with Gasteiger partial charge in [0.1, 0.15) is 0 Å². The molecule has 0 saturated heterocycles. The summed E-state index contributed by atoms with van der Waals surface area (Å²) in [4.78, 5) is 6.99. The van der Waals surface area contributed by atoms with Crippen LogP contribution in [0.5, 0.6) is 0 Å². The van der Waals surface area contributed by atoms with Crippen LogP contribution in [-0.2, 0) is 6.54 Å². The van der Waals surface area contributed by atoms with E-state index >= 15 is 0 Å². The second-order valence-corrected chi connectivity index (χ2v) is 7.29. The Balaban J connectivity index is 2.69. The SMILES string of the molecule is CCC(C)(C)N(C)c1nc(CNC(C)(C)C)cs1. The largest absolute Gasteiger partial charge is 0.346 e. The van der Waals surface area contributed by atoms with Crippen LogP contribution in [0.2, 0.25) is 0 Å². The summed E-state index contributed by atoms with van der Waals surface area (Å²) in [5.41, 5.74) is 1.42. The average molecular weight is 269 g/mol. The summed E-state index contributed by atoms with van der Waals surface area (Å²) in [6.07, 6.45) is 1.11. The molecule has 0 atom stereocenters. The van der Waals surface area contributed by atoms with Crippen LogP contribution < -0.4 is 10.2 Å². The van der Waals surface area contributed by atoms with Gasteiger partial charge in [-0.15, -0.1) is 11.3 Å². The highest BCUT2D eigenvalue weighted by atomic mass is 32.1. The van der Waals surface area contributed by atoms with Gasteiger partial charge in [0.2, 0.25) is 0 Å². The van der Waals surface area contributed by atoms with Gasteiger partial charge < -0.3 is 10.2 Å². The molecular formula is C14H27N3S. The van der Waals surface area contributed by atoms with Crippen LogP contribution in [0.15, 0.2) is 5.38 Å². The van der Waals surface area contributed by atoms with Crippen molar-refractivity contribution < 1.29 is 0 Å². The van der Waals surface area contributed by atoms with E-state index in [-0.39, 0.29) is 11.1 Å². The van der Waals surface area contributed by atoms with Gasteiger partial charge in [0.25, 0.3) is 0 Å². The fraction of sp³-hybridized carbons (Fsp3) is 0.786. The van der Waals surface area contributed by atoms with E-state index in [2.05, 4.69) is 64.2 Å². The molecule has 0 aliphatic heterocycles. The fourth-order valence-electron chi connectivity index (χ4n) is 1.38. The molecule has 1 N–H and O–H groups in total. The second kappa shape index (κ2) is 5.57. The Morgan fingerprint density at radius 2 is 1.89 bits per heavy atom. The molecule has 18 heavy (non-hydrogen) atoms. The van der Waals surface area contributed by atoms with E-state index < -0.39 is 0 Å². The number of hydrogen-bond acceptors (Lipinski definition) is 4. The molecule has 0 aliphatic rings. The van der Waals surface area contributed by atoms with Crippen molar-refractivity contribution in [3.8, 4) is 0 Å². The first-order valence-electron chi connectivity index (χ1n) is 6.59. The number of rotatable bonds is 5. The van der Waals surface area contributed by atoms with Gasteiger partial charge >= 0.3 is 0 Å². The number of aromatic nitrogens is 1. The minimum atomic E-state index is 0.137. The lowest BCUT2D eigenvalue weighted by atomic mass is 10.0. The van der Waals surface area contributed by atoms with E-state index in [0.29, 0.717) is 0 Å². The number of hydrogen-bond donors (Lipinski definition) is 1. The molecule has 104 valence electrons. The summed E-state index contributed by atoms with van der Waals surface area (Å²) >= 11 is 1.73. The minimum absolute atomic E-state index is 0.137. The van der Waals surface area contributed by atoms with E-state index in [4.69, 9.17) is 4.98 Å². The van der Waals surface area contributed by atoms with Crippen molar-refractivity contribution in [1.82, 2.24) is 10.3 Å². The number of nitrogens with one attached hydrogen (secondary N) is 1. The van der Waals surface area contributed by atoms with Gasteiger partial charge in [-0.1, -0.05) is 6.92 Å². The van der Waals surface area contributed by atoms with E-state index in [0.717, 1.165) is 23.8 Å². The van der Waals surface area contributed by atoms with Crippen LogP contribution in [0, 0.1) is 0 Å². The van der Waals surface area contributed by atoms with E-state index in [1.54, 1.807) is 11.3 Å². The van der Waals surface area contributed by atoms with Crippen LogP contribution in [0.3, 0.4) is 0 Å². The molecule has 1 rings (SSSR count). The first-order valence-corrected chi connectivity index (χ1v) is 7.47. The Bertz CT molecular complexity index is 377. The van der Waals surface area contributed by atoms with Crippen molar-refractivity contribution in [2.75, 3.05) is 11.9 Å². The summed E-state index contributed by atoms with van der Waals surface area (Å²) in [7, 11) is 2.13. The van der Waals surface area contributed by atoms with Gasteiger partial charge in [-0.2, -0.15) is 0 Å². The third kappa shape index (κ3) is 4.25. The highest BCUT2D eigenvalue weighted by Crippen LogP contribution is 2.27. The highest BCUT2D eigenvalue weighted by molar-refractivity contribution is 7.13. The quantitative estimate of drug-likeness (QED) is 0.884. The molecule has 1 aromatic rings. The van der Waals surface area contributed by atoms with Crippen molar-refractivity contribution in [3.05, 3.63) is 11.1 Å². The molecule has 0 saturated carbocycles. The third-order valence-corrected chi connectivity index (χ3v) is 4.37. The molecule has 0 aromatic carbocycles. The summed E-state index contributed by atoms with van der Waals surface area (Å²) in [5, 5.41) is 6.72. The second-order valence-electron chi connectivity index (χ2n) is 6.45. The predicted octanol–water partition coefficient (Wildman–Crippen LogP) is 3.66. The van der Waals surface area contributed by atoms with Crippen LogP contribution in [-0.4, -0.2) is 23.1 Å². The first kappa shape index (κ1) is 15.4. The molecule has 0 radical (unpaired) electrons. The van der Waals surface area contributed by atoms with Gasteiger partial charge in [-0.25, -0.2) is 4.98 Å². The monoisotopic (exact) mass is 269 g/mol. The van der Waals surface area contributed by atoms with Crippen LogP contribution in [0.4, 0.5) is 5.13 Å². The Morgan fingerprint density at radius 1 is 1.28 bits per heavy atom. The number of anilines is 1. The molecule has 0 fully saturated rings. The lowest BCUT2D eigenvalue weighted by Gasteiger charge is -2.34. The first-order chi connectivity index (χ1) is 8.15. The zero-order valence-electron chi connectivity index (χ0n) is 12.8. The molecule has 0 spiro atoms. The van der Waals surface area contributed by atoms with Gasteiger partial charge in [-0.05, 0) is 41.0 Å². The third-order valence-electron chi connectivity index (χ3n) is 3.40. The molecule has 4 heteroatoms. The summed E-state index contributed by atoms with van der Waals surface area (Å²) < 4.78 is 0. The molecule has 1 aromatic heterocycles. The van der Waals surface area contributed by atoms with Crippen LogP contribution >= 0.6 is 11.3 Å². The predicted molar refractivity (Wildman–Crippen MR) is 81.5 cm³/mol. The maximum Gasteiger partial charge on any atom is 0.185 e. The van der Waals surface area contributed by atoms with E-state index in [1.807, 2.05) is 0 Å². The lowest BCUT2D eigenvalue weighted by molar-refractivity contribution is 0.421. The minimum Gasteiger partial charge on any atom is -0.346 e. The van der Waals surface area contributed by atoms with Crippen LogP contribution in [0.25, 0.3) is 0 Å². The number of nitrogens with zero attached hydrogens (tertiary/aromatic N) is 2. The van der Waals surface area contributed by atoms with Crippen molar-refractivity contribution in [2.24, 2.45) is 0 Å². The zero-order chi connectivity index (χ0) is 14.0. The summed E-state index contributed by atoms with van der Waals surface area (Å²) in [6.45, 7) is 14.1. The summed E-state index contributed by atoms with van der Waals surface area (Å²) in [5.74, 6) is 0. The standard InChI is InChI=1S/C14H27N3S/c1-8-14(5,6)17(7)12-16-11(10-18-12)9-15-13(2,3)4/h10,15H,8-9H2,1-7H3. The average Bonchev–Trinajstić information content (AvgIpc) is 2.73. The maximum atomic E-state index is 4.71. The van der Waals surface area contributed by atoms with Gasteiger partial charge in [0.15, 0.2) is 5.13 Å². The molecule has 1 heterocycles. The van der Waals surface area contributed by atoms with Gasteiger partial charge in [0, 0.05) is 30.1 Å². The molecule has 0 bridgehead atoms. The number of thiazole rings is 1. The lowest BCUT2D eigenvalue weighted by Crippen LogP contribution is -2.40.